The second kappa shape index (κ2) is 6.54. The van der Waals surface area contributed by atoms with Crippen LogP contribution in [0.4, 0.5) is 0 Å². The summed E-state index contributed by atoms with van der Waals surface area (Å²) >= 11 is 0. The minimum Gasteiger partial charge on any atom is -0.457 e. The van der Waals surface area contributed by atoms with Gasteiger partial charge in [0.05, 0.1) is 6.61 Å². The van der Waals surface area contributed by atoms with Crippen molar-refractivity contribution in [3.8, 4) is 11.5 Å². The lowest BCUT2D eigenvalue weighted by molar-refractivity contribution is 0.344. The molecule has 1 atom stereocenters. The SMILES string of the molecule is O=S(Cl)OCc1cccc(Oc2ccccc2)c1. The Kier molecular flexibility index (Phi) is 4.75. The summed E-state index contributed by atoms with van der Waals surface area (Å²) in [5, 5.41) is 0. The lowest BCUT2D eigenvalue weighted by atomic mass is 10.2. The highest BCUT2D eigenvalue weighted by Gasteiger charge is 2.01. The first-order chi connectivity index (χ1) is 8.74. The predicted octanol–water partition coefficient (Wildman–Crippen LogP) is 3.81. The average Bonchev–Trinajstić information content (AvgIpc) is 2.38. The first kappa shape index (κ1) is 13.1. The van der Waals surface area contributed by atoms with Crippen LogP contribution in [0.1, 0.15) is 5.56 Å². The van der Waals surface area contributed by atoms with E-state index < -0.39 is 10.3 Å². The molecular formula is C13H11ClO3S. The van der Waals surface area contributed by atoms with Crippen molar-refractivity contribution in [1.82, 2.24) is 0 Å². The summed E-state index contributed by atoms with van der Waals surface area (Å²) in [6.07, 6.45) is 0. The molecule has 0 saturated carbocycles. The second-order valence-electron chi connectivity index (χ2n) is 3.52. The number of hydrogen-bond acceptors (Lipinski definition) is 3. The topological polar surface area (TPSA) is 35.5 Å². The molecule has 0 bridgehead atoms. The van der Waals surface area contributed by atoms with Crippen molar-refractivity contribution in [2.24, 2.45) is 0 Å². The Labute approximate surface area is 112 Å². The maximum absolute atomic E-state index is 10.6. The molecule has 0 aromatic heterocycles. The van der Waals surface area contributed by atoms with Crippen LogP contribution in [0, 0.1) is 0 Å². The lowest BCUT2D eigenvalue weighted by Crippen LogP contribution is -1.92. The van der Waals surface area contributed by atoms with Crippen molar-refractivity contribution in [2.75, 3.05) is 0 Å². The summed E-state index contributed by atoms with van der Waals surface area (Å²) in [7, 11) is 3.44. The van der Waals surface area contributed by atoms with Gasteiger partial charge in [0.15, 0.2) is 0 Å². The number of rotatable bonds is 5. The molecule has 2 rings (SSSR count). The minimum atomic E-state index is -1.78. The van der Waals surface area contributed by atoms with Gasteiger partial charge in [0, 0.05) is 10.7 Å². The highest BCUT2D eigenvalue weighted by molar-refractivity contribution is 8.04. The van der Waals surface area contributed by atoms with E-state index in [0.29, 0.717) is 5.75 Å². The Morgan fingerprint density at radius 3 is 2.44 bits per heavy atom. The zero-order chi connectivity index (χ0) is 12.8. The van der Waals surface area contributed by atoms with Crippen LogP contribution in [-0.2, 0) is 21.1 Å². The first-order valence-electron chi connectivity index (χ1n) is 5.27. The molecule has 0 radical (unpaired) electrons. The molecule has 0 N–H and O–H groups in total. The Bertz CT molecular complexity index is 531. The van der Waals surface area contributed by atoms with Gasteiger partial charge in [-0.1, -0.05) is 30.3 Å². The van der Waals surface area contributed by atoms with Crippen LogP contribution in [0.15, 0.2) is 54.6 Å². The van der Waals surface area contributed by atoms with Gasteiger partial charge in [0.1, 0.15) is 11.5 Å². The molecule has 0 amide bonds. The van der Waals surface area contributed by atoms with E-state index in [4.69, 9.17) is 19.6 Å². The molecule has 0 fully saturated rings. The Hall–Kier alpha value is -1.36. The van der Waals surface area contributed by atoms with Crippen LogP contribution in [0.5, 0.6) is 11.5 Å². The highest BCUT2D eigenvalue weighted by atomic mass is 35.7. The van der Waals surface area contributed by atoms with Crippen LogP contribution in [0.25, 0.3) is 0 Å². The minimum absolute atomic E-state index is 0.183. The molecule has 0 aliphatic heterocycles. The third-order valence-electron chi connectivity index (χ3n) is 2.20. The zero-order valence-electron chi connectivity index (χ0n) is 9.41. The van der Waals surface area contributed by atoms with Gasteiger partial charge in [-0.05, 0) is 29.8 Å². The van der Waals surface area contributed by atoms with Crippen LogP contribution in [0.3, 0.4) is 0 Å². The number of hydrogen-bond donors (Lipinski definition) is 0. The van der Waals surface area contributed by atoms with Gasteiger partial charge in [-0.15, -0.1) is 0 Å². The van der Waals surface area contributed by atoms with Crippen molar-refractivity contribution in [3.05, 3.63) is 60.2 Å². The van der Waals surface area contributed by atoms with E-state index in [1.165, 1.54) is 0 Å². The zero-order valence-corrected chi connectivity index (χ0v) is 11.0. The molecule has 2 aromatic rings. The maximum Gasteiger partial charge on any atom is 0.256 e. The summed E-state index contributed by atoms with van der Waals surface area (Å²) in [6, 6.07) is 16.8. The fourth-order valence-corrected chi connectivity index (χ4v) is 1.80. The van der Waals surface area contributed by atoms with Crippen LogP contribution in [0.2, 0.25) is 0 Å². The standard InChI is InChI=1S/C13H11ClO3S/c14-18(15)16-10-11-5-4-8-13(9-11)17-12-6-2-1-3-7-12/h1-9H,10H2. The van der Waals surface area contributed by atoms with E-state index in [1.54, 1.807) is 0 Å². The Balaban J connectivity index is 2.05. The number of benzene rings is 2. The second-order valence-corrected chi connectivity index (χ2v) is 4.90. The Morgan fingerprint density at radius 2 is 1.72 bits per heavy atom. The molecule has 0 aliphatic rings. The van der Waals surface area contributed by atoms with Crippen molar-refractivity contribution in [3.63, 3.8) is 0 Å². The first-order valence-corrected chi connectivity index (χ1v) is 7.17. The average molecular weight is 283 g/mol. The quantitative estimate of drug-likeness (QED) is 0.782. The lowest BCUT2D eigenvalue weighted by Gasteiger charge is -2.07. The molecule has 5 heteroatoms. The van der Waals surface area contributed by atoms with Gasteiger partial charge in [-0.3, -0.25) is 4.18 Å². The number of ether oxygens (including phenoxy) is 1. The number of halogens is 1. The summed E-state index contributed by atoms with van der Waals surface area (Å²) in [5.74, 6) is 1.46. The molecule has 1 unspecified atom stereocenters. The molecule has 2 aromatic carbocycles. The molecular weight excluding hydrogens is 272 g/mol. The molecule has 0 spiro atoms. The van der Waals surface area contributed by atoms with Crippen molar-refractivity contribution >= 4 is 21.0 Å². The smallest absolute Gasteiger partial charge is 0.256 e. The molecule has 0 aliphatic carbocycles. The molecule has 3 nitrogen and oxygen atoms in total. The van der Waals surface area contributed by atoms with E-state index in [-0.39, 0.29) is 6.61 Å². The van der Waals surface area contributed by atoms with Crippen molar-refractivity contribution in [2.45, 2.75) is 6.61 Å². The van der Waals surface area contributed by atoms with Crippen LogP contribution in [-0.4, -0.2) is 4.21 Å². The summed E-state index contributed by atoms with van der Waals surface area (Å²) in [5.41, 5.74) is 0.845. The summed E-state index contributed by atoms with van der Waals surface area (Å²) in [4.78, 5) is 0. The van der Waals surface area contributed by atoms with Crippen molar-refractivity contribution in [1.29, 1.82) is 0 Å². The molecule has 0 saturated heterocycles. The highest BCUT2D eigenvalue weighted by Crippen LogP contribution is 2.22. The molecule has 18 heavy (non-hydrogen) atoms. The molecule has 0 heterocycles. The van der Waals surface area contributed by atoms with E-state index in [1.807, 2.05) is 54.6 Å². The summed E-state index contributed by atoms with van der Waals surface area (Å²) < 4.78 is 21.1. The van der Waals surface area contributed by atoms with Gasteiger partial charge in [-0.25, -0.2) is 4.21 Å². The van der Waals surface area contributed by atoms with Gasteiger partial charge in [-0.2, -0.15) is 0 Å². The third kappa shape index (κ3) is 4.14. The Morgan fingerprint density at radius 1 is 1.00 bits per heavy atom. The predicted molar refractivity (Wildman–Crippen MR) is 71.7 cm³/mol. The number of para-hydroxylation sites is 1. The van der Waals surface area contributed by atoms with Crippen LogP contribution < -0.4 is 4.74 Å². The third-order valence-corrected chi connectivity index (χ3v) is 2.77. The fraction of sp³-hybridized carbons (Fsp3) is 0.0769. The van der Waals surface area contributed by atoms with E-state index >= 15 is 0 Å². The monoisotopic (exact) mass is 282 g/mol. The van der Waals surface area contributed by atoms with Gasteiger partial charge in [0.25, 0.3) is 10.3 Å². The largest absolute Gasteiger partial charge is 0.457 e. The fourth-order valence-electron chi connectivity index (χ4n) is 1.44. The van der Waals surface area contributed by atoms with Crippen molar-refractivity contribution < 1.29 is 13.1 Å². The molecule has 94 valence electrons. The maximum atomic E-state index is 10.6. The van der Waals surface area contributed by atoms with E-state index in [9.17, 15) is 4.21 Å². The summed E-state index contributed by atoms with van der Waals surface area (Å²) in [6.45, 7) is 0.183. The van der Waals surface area contributed by atoms with E-state index in [0.717, 1.165) is 11.3 Å². The van der Waals surface area contributed by atoms with E-state index in [2.05, 4.69) is 0 Å². The van der Waals surface area contributed by atoms with Gasteiger partial charge >= 0.3 is 0 Å². The van der Waals surface area contributed by atoms with Crippen LogP contribution >= 0.6 is 10.7 Å². The normalized spacial score (nSPS) is 12.1. The van der Waals surface area contributed by atoms with Gasteiger partial charge in [0.2, 0.25) is 0 Å². The van der Waals surface area contributed by atoms with Gasteiger partial charge < -0.3 is 4.74 Å².